The van der Waals surface area contributed by atoms with Gasteiger partial charge in [-0.3, -0.25) is 0 Å². The van der Waals surface area contributed by atoms with Crippen LogP contribution < -0.4 is 5.73 Å². The van der Waals surface area contributed by atoms with Crippen LogP contribution in [0.5, 0.6) is 0 Å². The molecule has 1 atom stereocenters. The highest BCUT2D eigenvalue weighted by molar-refractivity contribution is 5.68. The highest BCUT2D eigenvalue weighted by Gasteiger charge is 2.25. The molecule has 1 heterocycles. The van der Waals surface area contributed by atoms with Gasteiger partial charge in [0.15, 0.2) is 0 Å². The quantitative estimate of drug-likeness (QED) is 0.707. The van der Waals surface area contributed by atoms with Gasteiger partial charge in [-0.25, -0.2) is 4.79 Å². The van der Waals surface area contributed by atoms with Crippen LogP contribution in [0.3, 0.4) is 0 Å². The third-order valence-electron chi connectivity index (χ3n) is 2.25. The molecule has 1 fully saturated rings. The van der Waals surface area contributed by atoms with Gasteiger partial charge in [-0.2, -0.15) is 0 Å². The lowest BCUT2D eigenvalue weighted by atomic mass is 10.1. The molecular formula is C9H18N2O2. The molecule has 0 aromatic heterocycles. The topological polar surface area (TPSA) is 55.6 Å². The van der Waals surface area contributed by atoms with Crippen molar-refractivity contribution in [3.8, 4) is 0 Å². The van der Waals surface area contributed by atoms with Gasteiger partial charge < -0.3 is 15.4 Å². The van der Waals surface area contributed by atoms with Crippen LogP contribution in [0.25, 0.3) is 0 Å². The van der Waals surface area contributed by atoms with E-state index in [2.05, 4.69) is 6.92 Å². The molecule has 1 unspecified atom stereocenters. The molecule has 0 spiro atoms. The Labute approximate surface area is 79.0 Å². The molecule has 1 saturated heterocycles. The van der Waals surface area contributed by atoms with Crippen LogP contribution in [0.2, 0.25) is 0 Å². The number of hydrogen-bond acceptors (Lipinski definition) is 3. The van der Waals surface area contributed by atoms with E-state index in [9.17, 15) is 4.79 Å². The highest BCUT2D eigenvalue weighted by atomic mass is 16.6. The molecule has 1 aliphatic heterocycles. The molecule has 0 aromatic carbocycles. The first-order valence-corrected chi connectivity index (χ1v) is 4.89. The van der Waals surface area contributed by atoms with Crippen LogP contribution in [0, 0.1) is 5.92 Å². The maximum absolute atomic E-state index is 11.2. The Morgan fingerprint density at radius 2 is 2.46 bits per heavy atom. The van der Waals surface area contributed by atoms with Gasteiger partial charge in [0, 0.05) is 19.0 Å². The van der Waals surface area contributed by atoms with Crippen LogP contribution in [0.15, 0.2) is 0 Å². The summed E-state index contributed by atoms with van der Waals surface area (Å²) in [5.74, 6) is 0.425. The number of hydrogen-bond donors (Lipinski definition) is 1. The lowest BCUT2D eigenvalue weighted by Gasteiger charge is -2.31. The molecule has 4 nitrogen and oxygen atoms in total. The van der Waals surface area contributed by atoms with Gasteiger partial charge in [0.05, 0.1) is 6.61 Å². The van der Waals surface area contributed by atoms with E-state index in [4.69, 9.17) is 10.5 Å². The Morgan fingerprint density at radius 1 is 1.69 bits per heavy atom. The van der Waals surface area contributed by atoms with Gasteiger partial charge in [0.25, 0.3) is 0 Å². The number of rotatable bonds is 4. The average molecular weight is 186 g/mol. The van der Waals surface area contributed by atoms with Crippen LogP contribution in [0.1, 0.15) is 19.8 Å². The van der Waals surface area contributed by atoms with Crippen molar-refractivity contribution in [3.05, 3.63) is 0 Å². The smallest absolute Gasteiger partial charge is 0.409 e. The van der Waals surface area contributed by atoms with Gasteiger partial charge in [0.1, 0.15) is 0 Å². The van der Waals surface area contributed by atoms with Crippen molar-refractivity contribution < 1.29 is 9.53 Å². The fourth-order valence-electron chi connectivity index (χ4n) is 1.58. The lowest BCUT2D eigenvalue weighted by molar-refractivity contribution is 0.0415. The minimum absolute atomic E-state index is 0.171. The second kappa shape index (κ2) is 5.07. The molecular weight excluding hydrogens is 168 g/mol. The van der Waals surface area contributed by atoms with Gasteiger partial charge >= 0.3 is 6.09 Å². The fourth-order valence-corrected chi connectivity index (χ4v) is 1.58. The largest absolute Gasteiger partial charge is 0.449 e. The predicted octanol–water partition coefficient (Wildman–Crippen LogP) is 0.814. The number of nitrogens with two attached hydrogens (primary N) is 1. The number of carbonyl (C=O) groups is 1. The lowest BCUT2D eigenvalue weighted by Crippen LogP contribution is -2.43. The molecule has 76 valence electrons. The monoisotopic (exact) mass is 186 g/mol. The third kappa shape index (κ3) is 2.88. The number of cyclic esters (lactones) is 1. The van der Waals surface area contributed by atoms with Crippen molar-refractivity contribution in [2.45, 2.75) is 19.8 Å². The van der Waals surface area contributed by atoms with Gasteiger partial charge in [-0.05, 0) is 19.4 Å². The van der Waals surface area contributed by atoms with Crippen LogP contribution in [-0.2, 0) is 4.74 Å². The second-order valence-corrected chi connectivity index (χ2v) is 3.47. The fraction of sp³-hybridized carbons (Fsp3) is 0.889. The Balaban J connectivity index is 2.38. The zero-order valence-corrected chi connectivity index (χ0v) is 8.16. The van der Waals surface area contributed by atoms with E-state index in [1.54, 1.807) is 4.90 Å². The summed E-state index contributed by atoms with van der Waals surface area (Å²) in [4.78, 5) is 13.0. The minimum atomic E-state index is -0.171. The SMILES string of the molecule is CCCN1CC(CCN)COC1=O. The Bertz CT molecular complexity index is 173. The molecule has 0 aromatic rings. The number of nitrogens with zero attached hydrogens (tertiary/aromatic N) is 1. The standard InChI is InChI=1S/C9H18N2O2/c1-2-5-11-6-8(3-4-10)7-13-9(11)12/h8H,2-7,10H2,1H3. The van der Waals surface area contributed by atoms with E-state index in [1.165, 1.54) is 0 Å². The van der Waals surface area contributed by atoms with Gasteiger partial charge in [-0.1, -0.05) is 6.92 Å². The van der Waals surface area contributed by atoms with E-state index < -0.39 is 0 Å². The molecule has 1 amide bonds. The van der Waals surface area contributed by atoms with E-state index in [1.807, 2.05) is 0 Å². The summed E-state index contributed by atoms with van der Waals surface area (Å²) in [6.45, 7) is 4.86. The van der Waals surface area contributed by atoms with Crippen molar-refractivity contribution in [1.82, 2.24) is 4.90 Å². The molecule has 0 saturated carbocycles. The number of carbonyl (C=O) groups excluding carboxylic acids is 1. The molecule has 1 rings (SSSR count). The normalized spacial score (nSPS) is 23.1. The number of ether oxygens (including phenoxy) is 1. The zero-order valence-electron chi connectivity index (χ0n) is 8.16. The average Bonchev–Trinajstić information content (AvgIpc) is 2.12. The maximum Gasteiger partial charge on any atom is 0.409 e. The van der Waals surface area contributed by atoms with Gasteiger partial charge in [0.2, 0.25) is 0 Å². The van der Waals surface area contributed by atoms with Crippen LogP contribution >= 0.6 is 0 Å². The summed E-state index contributed by atoms with van der Waals surface area (Å²) in [5, 5.41) is 0. The first kappa shape index (κ1) is 10.3. The molecule has 0 bridgehead atoms. The summed E-state index contributed by atoms with van der Waals surface area (Å²) in [7, 11) is 0. The first-order valence-electron chi connectivity index (χ1n) is 4.89. The van der Waals surface area contributed by atoms with Crippen LogP contribution in [0.4, 0.5) is 4.79 Å². The first-order chi connectivity index (χ1) is 6.27. The zero-order chi connectivity index (χ0) is 9.68. The van der Waals surface area contributed by atoms with Crippen LogP contribution in [-0.4, -0.2) is 37.2 Å². The van der Waals surface area contributed by atoms with E-state index in [0.29, 0.717) is 19.1 Å². The molecule has 4 heteroatoms. The van der Waals surface area contributed by atoms with Crippen molar-refractivity contribution in [3.63, 3.8) is 0 Å². The number of amides is 1. The van der Waals surface area contributed by atoms with Crippen molar-refractivity contribution in [1.29, 1.82) is 0 Å². The summed E-state index contributed by atoms with van der Waals surface area (Å²) < 4.78 is 5.04. The molecule has 2 N–H and O–H groups in total. The van der Waals surface area contributed by atoms with Gasteiger partial charge in [-0.15, -0.1) is 0 Å². The highest BCUT2D eigenvalue weighted by Crippen LogP contribution is 2.13. The molecule has 1 aliphatic rings. The van der Waals surface area contributed by atoms with Crippen molar-refractivity contribution in [2.24, 2.45) is 11.7 Å². The Hall–Kier alpha value is -0.770. The van der Waals surface area contributed by atoms with E-state index >= 15 is 0 Å². The molecule has 13 heavy (non-hydrogen) atoms. The Kier molecular flexibility index (Phi) is 4.02. The van der Waals surface area contributed by atoms with Crippen molar-refractivity contribution >= 4 is 6.09 Å². The third-order valence-corrected chi connectivity index (χ3v) is 2.25. The Morgan fingerprint density at radius 3 is 3.08 bits per heavy atom. The summed E-state index contributed by atoms with van der Waals surface area (Å²) in [6.07, 6.45) is 1.74. The summed E-state index contributed by atoms with van der Waals surface area (Å²) >= 11 is 0. The summed E-state index contributed by atoms with van der Waals surface area (Å²) in [6, 6.07) is 0. The minimum Gasteiger partial charge on any atom is -0.449 e. The molecule has 0 radical (unpaired) electrons. The van der Waals surface area contributed by atoms with E-state index in [0.717, 1.165) is 25.9 Å². The second-order valence-electron chi connectivity index (χ2n) is 3.47. The van der Waals surface area contributed by atoms with Crippen molar-refractivity contribution in [2.75, 3.05) is 26.2 Å². The summed E-state index contributed by atoms with van der Waals surface area (Å²) in [5.41, 5.74) is 5.45. The maximum atomic E-state index is 11.2. The molecule has 0 aliphatic carbocycles. The predicted molar refractivity (Wildman–Crippen MR) is 50.4 cm³/mol. The van der Waals surface area contributed by atoms with E-state index in [-0.39, 0.29) is 6.09 Å².